The number of hydrogen-bond donors (Lipinski definition) is 1. The van der Waals surface area contributed by atoms with Gasteiger partial charge < -0.3 is 15.0 Å². The fourth-order valence-corrected chi connectivity index (χ4v) is 1.42. The van der Waals surface area contributed by atoms with Crippen LogP contribution in [0.25, 0.3) is 0 Å². The number of nitrogens with one attached hydrogen (secondary N) is 1. The van der Waals surface area contributed by atoms with Crippen molar-refractivity contribution < 1.29 is 4.74 Å². The lowest BCUT2D eigenvalue weighted by Gasteiger charge is -2.32. The molecule has 0 aliphatic carbocycles. The van der Waals surface area contributed by atoms with Gasteiger partial charge >= 0.3 is 0 Å². The van der Waals surface area contributed by atoms with Crippen molar-refractivity contribution in [2.45, 2.75) is 39.3 Å². The van der Waals surface area contributed by atoms with Crippen molar-refractivity contribution in [3.05, 3.63) is 24.0 Å². The Hall–Kier alpha value is -1.13. The molecule has 4 heteroatoms. The lowest BCUT2D eigenvalue weighted by Crippen LogP contribution is -2.43. The van der Waals surface area contributed by atoms with E-state index in [9.17, 15) is 0 Å². The maximum Gasteiger partial charge on any atom is 0.122 e. The number of pyridine rings is 1. The maximum atomic E-state index is 5.87. The zero-order chi connectivity index (χ0) is 14.3. The molecule has 0 amide bonds. The van der Waals surface area contributed by atoms with Crippen LogP contribution in [0.15, 0.2) is 18.3 Å². The van der Waals surface area contributed by atoms with E-state index in [1.807, 2.05) is 12.1 Å². The molecule has 1 heterocycles. The Labute approximate surface area is 117 Å². The van der Waals surface area contributed by atoms with Crippen LogP contribution in [0.3, 0.4) is 0 Å². The lowest BCUT2D eigenvalue weighted by molar-refractivity contribution is 0.114. The second kappa shape index (κ2) is 7.46. The summed E-state index contributed by atoms with van der Waals surface area (Å²) in [5.41, 5.74) is 1.04. The van der Waals surface area contributed by atoms with Crippen LogP contribution in [0.1, 0.15) is 32.9 Å². The number of ether oxygens (including phenoxy) is 1. The Morgan fingerprint density at radius 1 is 1.37 bits per heavy atom. The number of hydrogen-bond acceptors (Lipinski definition) is 4. The van der Waals surface area contributed by atoms with Crippen LogP contribution in [-0.2, 0) is 6.54 Å². The molecule has 0 saturated heterocycles. The summed E-state index contributed by atoms with van der Waals surface area (Å²) in [7, 11) is 4.13. The van der Waals surface area contributed by atoms with Crippen molar-refractivity contribution in [1.29, 1.82) is 0 Å². The molecule has 0 aliphatic heterocycles. The Balaban J connectivity index is 2.52. The second-order valence-corrected chi connectivity index (χ2v) is 5.66. The summed E-state index contributed by atoms with van der Waals surface area (Å²) >= 11 is 0. The van der Waals surface area contributed by atoms with Gasteiger partial charge in [0.2, 0.25) is 0 Å². The molecule has 4 nitrogen and oxygen atoms in total. The highest BCUT2D eigenvalue weighted by molar-refractivity contribution is 5.22. The number of aromatic nitrogens is 1. The summed E-state index contributed by atoms with van der Waals surface area (Å²) in [5, 5.41) is 3.34. The van der Waals surface area contributed by atoms with Crippen molar-refractivity contribution in [3.63, 3.8) is 0 Å². The lowest BCUT2D eigenvalue weighted by atomic mass is 10.1. The summed E-state index contributed by atoms with van der Waals surface area (Å²) in [6.07, 6.45) is 2.94. The van der Waals surface area contributed by atoms with Crippen LogP contribution >= 0.6 is 0 Å². The highest BCUT2D eigenvalue weighted by Gasteiger charge is 2.21. The van der Waals surface area contributed by atoms with E-state index in [2.05, 4.69) is 50.1 Å². The number of likely N-dealkylation sites (N-methyl/N-ethyl adjacent to an activating group) is 1. The molecule has 0 radical (unpaired) electrons. The van der Waals surface area contributed by atoms with E-state index in [1.54, 1.807) is 6.20 Å². The van der Waals surface area contributed by atoms with E-state index in [0.29, 0.717) is 6.61 Å². The summed E-state index contributed by atoms with van der Waals surface area (Å²) < 4.78 is 5.87. The molecule has 1 aromatic heterocycles. The standard InChI is InChI=1S/C15H27N3O/c1-6-8-16-11-13-10-14(7-9-17-13)19-12-15(2,3)18(4)5/h7,9-10,16H,6,8,11-12H2,1-5H3. The topological polar surface area (TPSA) is 37.4 Å². The van der Waals surface area contributed by atoms with Crippen LogP contribution in [0.5, 0.6) is 5.75 Å². The molecule has 1 N–H and O–H groups in total. The number of nitrogens with zero attached hydrogens (tertiary/aromatic N) is 2. The highest BCUT2D eigenvalue weighted by Crippen LogP contribution is 2.16. The third kappa shape index (κ3) is 5.57. The Morgan fingerprint density at radius 3 is 2.74 bits per heavy atom. The minimum atomic E-state index is 0.0178. The maximum absolute atomic E-state index is 5.87. The minimum absolute atomic E-state index is 0.0178. The zero-order valence-electron chi connectivity index (χ0n) is 12.9. The largest absolute Gasteiger partial charge is 0.492 e. The van der Waals surface area contributed by atoms with Gasteiger partial charge in [-0.1, -0.05) is 6.92 Å². The molecule has 108 valence electrons. The molecular formula is C15H27N3O. The predicted molar refractivity (Wildman–Crippen MR) is 79.5 cm³/mol. The number of rotatable bonds is 8. The van der Waals surface area contributed by atoms with Crippen LogP contribution in [0.4, 0.5) is 0 Å². The first-order valence-electron chi connectivity index (χ1n) is 6.91. The van der Waals surface area contributed by atoms with Crippen LogP contribution in [0.2, 0.25) is 0 Å². The van der Waals surface area contributed by atoms with Gasteiger partial charge in [-0.15, -0.1) is 0 Å². The van der Waals surface area contributed by atoms with Gasteiger partial charge in [-0.25, -0.2) is 0 Å². The summed E-state index contributed by atoms with van der Waals surface area (Å²) in [6.45, 7) is 8.95. The Morgan fingerprint density at radius 2 is 2.11 bits per heavy atom. The smallest absolute Gasteiger partial charge is 0.122 e. The van der Waals surface area contributed by atoms with E-state index < -0.39 is 0 Å². The van der Waals surface area contributed by atoms with E-state index in [0.717, 1.165) is 31.0 Å². The summed E-state index contributed by atoms with van der Waals surface area (Å²) in [4.78, 5) is 6.50. The van der Waals surface area contributed by atoms with Crippen LogP contribution in [-0.4, -0.2) is 42.7 Å². The van der Waals surface area contributed by atoms with Gasteiger partial charge in [0, 0.05) is 24.3 Å². The molecule has 0 saturated carbocycles. The van der Waals surface area contributed by atoms with Crippen molar-refractivity contribution in [2.75, 3.05) is 27.2 Å². The SMILES string of the molecule is CCCNCc1cc(OCC(C)(C)N(C)C)ccn1. The Bertz CT molecular complexity index is 377. The van der Waals surface area contributed by atoms with Crippen molar-refractivity contribution >= 4 is 0 Å². The summed E-state index contributed by atoms with van der Waals surface area (Å²) in [5.74, 6) is 0.887. The van der Waals surface area contributed by atoms with Crippen molar-refractivity contribution in [1.82, 2.24) is 15.2 Å². The fraction of sp³-hybridized carbons (Fsp3) is 0.667. The third-order valence-corrected chi connectivity index (χ3v) is 3.32. The summed E-state index contributed by atoms with van der Waals surface area (Å²) in [6, 6.07) is 3.92. The van der Waals surface area contributed by atoms with E-state index in [-0.39, 0.29) is 5.54 Å². The first-order valence-corrected chi connectivity index (χ1v) is 6.91. The molecule has 1 rings (SSSR count). The van der Waals surface area contributed by atoms with Crippen LogP contribution < -0.4 is 10.1 Å². The third-order valence-electron chi connectivity index (χ3n) is 3.32. The van der Waals surface area contributed by atoms with Gasteiger partial charge in [-0.05, 0) is 47.0 Å². The molecular weight excluding hydrogens is 238 g/mol. The van der Waals surface area contributed by atoms with Gasteiger partial charge in [0.15, 0.2) is 0 Å². The molecule has 0 fully saturated rings. The van der Waals surface area contributed by atoms with Gasteiger partial charge in [0.05, 0.1) is 5.69 Å². The minimum Gasteiger partial charge on any atom is -0.492 e. The average Bonchev–Trinajstić information content (AvgIpc) is 2.37. The predicted octanol–water partition coefficient (Wildman–Crippen LogP) is 2.30. The first kappa shape index (κ1) is 15.9. The van der Waals surface area contributed by atoms with E-state index in [1.165, 1.54) is 0 Å². The van der Waals surface area contributed by atoms with Gasteiger partial charge in [-0.3, -0.25) is 4.98 Å². The average molecular weight is 265 g/mol. The van der Waals surface area contributed by atoms with E-state index >= 15 is 0 Å². The molecule has 0 aliphatic rings. The first-order chi connectivity index (χ1) is 8.95. The normalized spacial score (nSPS) is 11.9. The fourth-order valence-electron chi connectivity index (χ4n) is 1.42. The van der Waals surface area contributed by atoms with Gasteiger partial charge in [0.25, 0.3) is 0 Å². The molecule has 19 heavy (non-hydrogen) atoms. The molecule has 0 spiro atoms. The molecule has 0 unspecified atom stereocenters. The van der Waals surface area contributed by atoms with Crippen LogP contribution in [0, 0.1) is 0 Å². The Kier molecular flexibility index (Phi) is 6.25. The zero-order valence-corrected chi connectivity index (χ0v) is 12.9. The molecule has 0 atom stereocenters. The van der Waals surface area contributed by atoms with Crippen molar-refractivity contribution in [3.8, 4) is 5.75 Å². The molecule has 1 aromatic rings. The molecule has 0 bridgehead atoms. The van der Waals surface area contributed by atoms with Crippen molar-refractivity contribution in [2.24, 2.45) is 0 Å². The molecule has 0 aromatic carbocycles. The van der Waals surface area contributed by atoms with Gasteiger partial charge in [0.1, 0.15) is 12.4 Å². The monoisotopic (exact) mass is 265 g/mol. The van der Waals surface area contributed by atoms with E-state index in [4.69, 9.17) is 4.74 Å². The quantitative estimate of drug-likeness (QED) is 0.732. The second-order valence-electron chi connectivity index (χ2n) is 5.66. The highest BCUT2D eigenvalue weighted by atomic mass is 16.5. The van der Waals surface area contributed by atoms with Gasteiger partial charge in [-0.2, -0.15) is 0 Å².